The predicted octanol–water partition coefficient (Wildman–Crippen LogP) is 4.72. The number of hydrogen-bond donors (Lipinski definition) is 2. The van der Waals surface area contributed by atoms with Crippen LogP contribution in [-0.2, 0) is 6.61 Å². The normalized spacial score (nSPS) is 10.9. The molecule has 0 fully saturated rings. The molecule has 0 aliphatic heterocycles. The fourth-order valence-corrected chi connectivity index (χ4v) is 3.03. The number of nitrogens with zero attached hydrogens (tertiary/aromatic N) is 2. The number of nitrogens with one attached hydrogen (secondary N) is 1. The molecule has 1 aromatic heterocycles. The number of methoxy groups -OCH3 is 1. The summed E-state index contributed by atoms with van der Waals surface area (Å²) in [4.78, 5) is 4.09. The molecule has 0 saturated heterocycles. The molecule has 1 heterocycles. The number of halogens is 1. The highest BCUT2D eigenvalue weighted by Crippen LogP contribution is 2.25. The van der Waals surface area contributed by atoms with Gasteiger partial charge in [0.2, 0.25) is 5.13 Å². The van der Waals surface area contributed by atoms with E-state index in [-0.39, 0.29) is 0 Å². The topological polar surface area (TPSA) is 81.8 Å². The van der Waals surface area contributed by atoms with Gasteiger partial charge in [-0.25, -0.2) is 4.98 Å². The van der Waals surface area contributed by atoms with E-state index < -0.39 is 0 Å². The molecule has 0 bridgehead atoms. The van der Waals surface area contributed by atoms with Crippen molar-refractivity contribution in [3.05, 3.63) is 63.5 Å². The molecule has 6 nitrogen and oxygen atoms in total. The molecule has 3 rings (SSSR count). The fourth-order valence-electron chi connectivity index (χ4n) is 2.36. The molecule has 0 spiro atoms. The number of anilines is 2. The molecule has 3 aromatic rings. The summed E-state index contributed by atoms with van der Waals surface area (Å²) in [7, 11) is 1.63. The SMILES string of the molecule is COc1ccc(C=NNc2nc(N)cs2)cc1COc1ccc(Cl)c(C)c1. The standard InChI is InChI=1S/C19H19ClN4O2S/c1-12-7-15(4-5-16(12)20)26-10-14-8-13(3-6-17(14)25-2)9-22-24-19-23-18(21)11-27-19/h3-9,11H,10,21H2,1-2H3,(H,23,24). The zero-order chi connectivity index (χ0) is 19.2. The molecule has 0 atom stereocenters. The molecule has 140 valence electrons. The lowest BCUT2D eigenvalue weighted by Crippen LogP contribution is -2.00. The van der Waals surface area contributed by atoms with Gasteiger partial charge in [0.1, 0.15) is 23.9 Å². The van der Waals surface area contributed by atoms with Crippen molar-refractivity contribution >= 4 is 40.1 Å². The van der Waals surface area contributed by atoms with Gasteiger partial charge in [0.15, 0.2) is 0 Å². The van der Waals surface area contributed by atoms with Crippen LogP contribution in [0, 0.1) is 6.92 Å². The summed E-state index contributed by atoms with van der Waals surface area (Å²) >= 11 is 7.45. The maximum absolute atomic E-state index is 6.05. The highest BCUT2D eigenvalue weighted by atomic mass is 35.5. The van der Waals surface area contributed by atoms with Gasteiger partial charge in [-0.1, -0.05) is 11.6 Å². The number of ether oxygens (including phenoxy) is 2. The molecule has 8 heteroatoms. The van der Waals surface area contributed by atoms with Crippen LogP contribution in [-0.4, -0.2) is 18.3 Å². The Kier molecular flexibility index (Phi) is 6.16. The van der Waals surface area contributed by atoms with Gasteiger partial charge in [-0.2, -0.15) is 5.10 Å². The van der Waals surface area contributed by atoms with E-state index in [4.69, 9.17) is 26.8 Å². The second kappa shape index (κ2) is 8.75. The molecule has 3 N–H and O–H groups in total. The number of rotatable bonds is 7. The van der Waals surface area contributed by atoms with Crippen LogP contribution in [0.2, 0.25) is 5.02 Å². The first kappa shape index (κ1) is 19.0. The average Bonchev–Trinajstić information content (AvgIpc) is 3.08. The molecule has 0 radical (unpaired) electrons. The van der Waals surface area contributed by atoms with Crippen LogP contribution >= 0.6 is 22.9 Å². The van der Waals surface area contributed by atoms with Crippen LogP contribution in [0.5, 0.6) is 11.5 Å². The second-order valence-electron chi connectivity index (χ2n) is 5.72. The van der Waals surface area contributed by atoms with E-state index in [1.54, 1.807) is 18.7 Å². The third-order valence-electron chi connectivity index (χ3n) is 3.72. The fraction of sp³-hybridized carbons (Fsp3) is 0.158. The smallest absolute Gasteiger partial charge is 0.205 e. The maximum atomic E-state index is 6.05. The molecule has 2 aromatic carbocycles. The average molecular weight is 403 g/mol. The minimum atomic E-state index is 0.363. The Morgan fingerprint density at radius 3 is 2.85 bits per heavy atom. The molecule has 0 amide bonds. The number of nitrogen functional groups attached to an aromatic ring is 1. The van der Waals surface area contributed by atoms with Crippen molar-refractivity contribution < 1.29 is 9.47 Å². The molecule has 0 unspecified atom stereocenters. The van der Waals surface area contributed by atoms with Crippen molar-refractivity contribution in [2.45, 2.75) is 13.5 Å². The van der Waals surface area contributed by atoms with Gasteiger partial charge in [-0.05, 0) is 54.4 Å². The van der Waals surface area contributed by atoms with Gasteiger partial charge in [0, 0.05) is 16.0 Å². The predicted molar refractivity (Wildman–Crippen MR) is 111 cm³/mol. The van der Waals surface area contributed by atoms with Gasteiger partial charge in [-0.3, -0.25) is 5.43 Å². The summed E-state index contributed by atoms with van der Waals surface area (Å²) in [6, 6.07) is 11.3. The minimum Gasteiger partial charge on any atom is -0.496 e. The highest BCUT2D eigenvalue weighted by Gasteiger charge is 2.06. The van der Waals surface area contributed by atoms with E-state index in [1.807, 2.05) is 43.3 Å². The summed E-state index contributed by atoms with van der Waals surface area (Å²) in [6.45, 7) is 2.30. The monoisotopic (exact) mass is 402 g/mol. The first-order valence-corrected chi connectivity index (χ1v) is 9.37. The Hall–Kier alpha value is -2.77. The highest BCUT2D eigenvalue weighted by molar-refractivity contribution is 7.14. The lowest BCUT2D eigenvalue weighted by atomic mass is 10.1. The van der Waals surface area contributed by atoms with Crippen molar-refractivity contribution in [1.82, 2.24) is 4.98 Å². The lowest BCUT2D eigenvalue weighted by molar-refractivity contribution is 0.296. The van der Waals surface area contributed by atoms with Crippen LogP contribution in [0.15, 0.2) is 46.9 Å². The van der Waals surface area contributed by atoms with Gasteiger partial charge in [-0.15, -0.1) is 11.3 Å². The van der Waals surface area contributed by atoms with Crippen LogP contribution in [0.4, 0.5) is 10.9 Å². The number of aryl methyl sites for hydroxylation is 1. The van der Waals surface area contributed by atoms with Crippen LogP contribution in [0.25, 0.3) is 0 Å². The van der Waals surface area contributed by atoms with E-state index in [9.17, 15) is 0 Å². The summed E-state index contributed by atoms with van der Waals surface area (Å²) in [6.07, 6.45) is 1.70. The number of aromatic nitrogens is 1. The zero-order valence-electron chi connectivity index (χ0n) is 14.9. The quantitative estimate of drug-likeness (QED) is 0.441. The van der Waals surface area contributed by atoms with E-state index in [0.717, 1.165) is 28.2 Å². The summed E-state index contributed by atoms with van der Waals surface area (Å²) < 4.78 is 11.3. The Bertz CT molecular complexity index is 959. The Morgan fingerprint density at radius 1 is 1.30 bits per heavy atom. The largest absolute Gasteiger partial charge is 0.496 e. The number of thiazole rings is 1. The van der Waals surface area contributed by atoms with Crippen molar-refractivity contribution in [2.75, 3.05) is 18.3 Å². The maximum Gasteiger partial charge on any atom is 0.205 e. The van der Waals surface area contributed by atoms with Crippen LogP contribution in [0.1, 0.15) is 16.7 Å². The minimum absolute atomic E-state index is 0.363. The molecular formula is C19H19ClN4O2S. The van der Waals surface area contributed by atoms with Gasteiger partial charge in [0.25, 0.3) is 0 Å². The summed E-state index contributed by atoms with van der Waals surface area (Å²) in [5.74, 6) is 1.97. The lowest BCUT2D eigenvalue weighted by Gasteiger charge is -2.12. The van der Waals surface area contributed by atoms with Crippen molar-refractivity contribution in [2.24, 2.45) is 5.10 Å². The molecule has 0 saturated carbocycles. The van der Waals surface area contributed by atoms with Gasteiger partial charge < -0.3 is 15.2 Å². The first-order valence-electron chi connectivity index (χ1n) is 8.11. The van der Waals surface area contributed by atoms with Crippen molar-refractivity contribution in [3.63, 3.8) is 0 Å². The van der Waals surface area contributed by atoms with E-state index >= 15 is 0 Å². The van der Waals surface area contributed by atoms with Crippen molar-refractivity contribution in [1.29, 1.82) is 0 Å². The first-order chi connectivity index (χ1) is 13.0. The Labute approximate surface area is 166 Å². The molecule has 0 aliphatic carbocycles. The van der Waals surface area contributed by atoms with Gasteiger partial charge >= 0.3 is 0 Å². The number of benzene rings is 2. The third kappa shape index (κ3) is 5.12. The number of hydrogen-bond acceptors (Lipinski definition) is 7. The van der Waals surface area contributed by atoms with Crippen LogP contribution in [0.3, 0.4) is 0 Å². The summed E-state index contributed by atoms with van der Waals surface area (Å²) in [5.41, 5.74) is 11.2. The molecule has 27 heavy (non-hydrogen) atoms. The molecule has 0 aliphatic rings. The number of nitrogens with two attached hydrogens (primary N) is 1. The van der Waals surface area contributed by atoms with Gasteiger partial charge in [0.05, 0.1) is 13.3 Å². The zero-order valence-corrected chi connectivity index (χ0v) is 16.5. The Morgan fingerprint density at radius 2 is 2.15 bits per heavy atom. The third-order valence-corrected chi connectivity index (χ3v) is 4.91. The molecular weight excluding hydrogens is 384 g/mol. The van der Waals surface area contributed by atoms with E-state index in [0.29, 0.717) is 22.6 Å². The van der Waals surface area contributed by atoms with Crippen LogP contribution < -0.4 is 20.6 Å². The van der Waals surface area contributed by atoms with E-state index in [2.05, 4.69) is 15.5 Å². The Balaban J connectivity index is 1.69. The van der Waals surface area contributed by atoms with E-state index in [1.165, 1.54) is 11.3 Å². The summed E-state index contributed by atoms with van der Waals surface area (Å²) in [5, 5.41) is 7.28. The number of hydrazone groups is 1. The van der Waals surface area contributed by atoms with Crippen molar-refractivity contribution in [3.8, 4) is 11.5 Å². The second-order valence-corrected chi connectivity index (χ2v) is 6.98.